The summed E-state index contributed by atoms with van der Waals surface area (Å²) in [5.74, 6) is -9.83. The quantitative estimate of drug-likeness (QED) is 0.254. The highest BCUT2D eigenvalue weighted by molar-refractivity contribution is 6.20. The second kappa shape index (κ2) is 5.98. The third-order valence-corrected chi connectivity index (χ3v) is 1.77. The number of carbonyl (C=O) groups is 2. The van der Waals surface area contributed by atoms with Crippen LogP contribution < -0.4 is 0 Å². The van der Waals surface area contributed by atoms with Crippen molar-refractivity contribution in [2.45, 2.75) is 19.0 Å². The fraction of sp³-hybridized carbons (Fsp3) is 0.600. The Morgan fingerprint density at radius 2 is 1.63 bits per heavy atom. The zero-order chi connectivity index (χ0) is 15.4. The van der Waals surface area contributed by atoms with Crippen LogP contribution in [0.5, 0.6) is 0 Å². The van der Waals surface area contributed by atoms with Crippen molar-refractivity contribution in [2.75, 3.05) is 20.7 Å². The molecule has 110 valence electrons. The SMILES string of the molecule is CCOC(=O)C(=CN(C)C)C(=O)C(F)(F)C(F)(F)F. The molecule has 0 saturated heterocycles. The summed E-state index contributed by atoms with van der Waals surface area (Å²) in [6.45, 7) is 1.05. The Balaban J connectivity index is 5.54. The number of ether oxygens (including phenoxy) is 1. The molecule has 0 radical (unpaired) electrons. The number of nitrogens with zero attached hydrogens (tertiary/aromatic N) is 1. The zero-order valence-electron chi connectivity index (χ0n) is 10.3. The molecule has 19 heavy (non-hydrogen) atoms. The van der Waals surface area contributed by atoms with Gasteiger partial charge in [0.05, 0.1) is 6.61 Å². The van der Waals surface area contributed by atoms with Crippen molar-refractivity contribution in [3.63, 3.8) is 0 Å². The Morgan fingerprint density at radius 3 is 1.95 bits per heavy atom. The van der Waals surface area contributed by atoms with Gasteiger partial charge in [0.15, 0.2) is 0 Å². The Morgan fingerprint density at radius 1 is 1.16 bits per heavy atom. The monoisotopic (exact) mass is 289 g/mol. The standard InChI is InChI=1S/C10H12F5NO3/c1-4-19-8(18)6(5-16(2)3)7(17)9(11,12)10(13,14)15/h5H,4H2,1-3H3. The third-order valence-electron chi connectivity index (χ3n) is 1.77. The van der Waals surface area contributed by atoms with Gasteiger partial charge in [0.2, 0.25) is 5.78 Å². The van der Waals surface area contributed by atoms with Gasteiger partial charge in [0.25, 0.3) is 0 Å². The summed E-state index contributed by atoms with van der Waals surface area (Å²) in [4.78, 5) is 23.4. The molecule has 0 aliphatic carbocycles. The number of ketones is 1. The Bertz CT molecular complexity index is 387. The summed E-state index contributed by atoms with van der Waals surface area (Å²) in [7, 11) is 2.50. The van der Waals surface area contributed by atoms with E-state index in [9.17, 15) is 31.5 Å². The predicted molar refractivity (Wildman–Crippen MR) is 54.4 cm³/mol. The first kappa shape index (κ1) is 17.3. The summed E-state index contributed by atoms with van der Waals surface area (Å²) in [5.41, 5.74) is -1.37. The second-order valence-electron chi connectivity index (χ2n) is 3.63. The molecule has 0 fully saturated rings. The van der Waals surface area contributed by atoms with Crippen LogP contribution in [0.15, 0.2) is 11.8 Å². The van der Waals surface area contributed by atoms with E-state index >= 15 is 0 Å². The molecule has 0 amide bonds. The molecular weight excluding hydrogens is 277 g/mol. The van der Waals surface area contributed by atoms with Gasteiger partial charge in [0, 0.05) is 20.3 Å². The van der Waals surface area contributed by atoms with Crippen LogP contribution in [0.4, 0.5) is 22.0 Å². The van der Waals surface area contributed by atoms with Crippen molar-refractivity contribution in [3.05, 3.63) is 11.8 Å². The second-order valence-corrected chi connectivity index (χ2v) is 3.63. The van der Waals surface area contributed by atoms with Gasteiger partial charge in [-0.3, -0.25) is 4.79 Å². The van der Waals surface area contributed by atoms with E-state index in [4.69, 9.17) is 0 Å². The number of rotatable bonds is 5. The molecule has 9 heteroatoms. The molecular formula is C10H12F5NO3. The Kier molecular flexibility index (Phi) is 5.46. The van der Waals surface area contributed by atoms with Crippen LogP contribution in [-0.4, -0.2) is 49.5 Å². The average molecular weight is 289 g/mol. The van der Waals surface area contributed by atoms with Crippen LogP contribution in [0.2, 0.25) is 0 Å². The minimum absolute atomic E-state index is 0.269. The fourth-order valence-corrected chi connectivity index (χ4v) is 0.969. The van der Waals surface area contributed by atoms with Crippen LogP contribution in [0.25, 0.3) is 0 Å². The topological polar surface area (TPSA) is 46.6 Å². The maximum atomic E-state index is 12.9. The lowest BCUT2D eigenvalue weighted by Crippen LogP contribution is -2.46. The van der Waals surface area contributed by atoms with Gasteiger partial charge in [-0.15, -0.1) is 0 Å². The first-order chi connectivity index (χ1) is 8.45. The third kappa shape index (κ3) is 4.18. The van der Waals surface area contributed by atoms with Crippen molar-refractivity contribution in [1.82, 2.24) is 4.90 Å². The van der Waals surface area contributed by atoms with E-state index in [0.29, 0.717) is 6.20 Å². The number of halogens is 5. The maximum Gasteiger partial charge on any atom is 0.461 e. The van der Waals surface area contributed by atoms with E-state index in [0.717, 1.165) is 4.90 Å². The maximum absolute atomic E-state index is 12.9. The van der Waals surface area contributed by atoms with Gasteiger partial charge in [0.1, 0.15) is 5.57 Å². The van der Waals surface area contributed by atoms with Gasteiger partial charge in [-0.05, 0) is 6.92 Å². The van der Waals surface area contributed by atoms with E-state index < -0.39 is 29.4 Å². The highest BCUT2D eigenvalue weighted by Crippen LogP contribution is 2.38. The number of Topliss-reactive ketones (excluding diaryl/α,β-unsaturated/α-hetero) is 1. The van der Waals surface area contributed by atoms with Crippen molar-refractivity contribution < 1.29 is 36.3 Å². The highest BCUT2D eigenvalue weighted by atomic mass is 19.4. The van der Waals surface area contributed by atoms with Crippen molar-refractivity contribution >= 4 is 11.8 Å². The lowest BCUT2D eigenvalue weighted by atomic mass is 10.1. The van der Waals surface area contributed by atoms with Crippen molar-refractivity contribution in [3.8, 4) is 0 Å². The molecule has 0 N–H and O–H groups in total. The Labute approximate surface area is 105 Å². The molecule has 0 bridgehead atoms. The average Bonchev–Trinajstić information content (AvgIpc) is 2.23. The summed E-state index contributed by atoms with van der Waals surface area (Å²) < 4.78 is 66.2. The Hall–Kier alpha value is -1.67. The van der Waals surface area contributed by atoms with Gasteiger partial charge in [-0.1, -0.05) is 0 Å². The van der Waals surface area contributed by atoms with Gasteiger partial charge in [-0.25, -0.2) is 4.79 Å². The molecule has 0 unspecified atom stereocenters. The van der Waals surface area contributed by atoms with Gasteiger partial charge < -0.3 is 9.64 Å². The lowest BCUT2D eigenvalue weighted by Gasteiger charge is -2.19. The molecule has 0 aromatic carbocycles. The minimum Gasteiger partial charge on any atom is -0.462 e. The van der Waals surface area contributed by atoms with Gasteiger partial charge >= 0.3 is 18.1 Å². The van der Waals surface area contributed by atoms with Crippen LogP contribution in [0.1, 0.15) is 6.92 Å². The van der Waals surface area contributed by atoms with E-state index in [1.165, 1.54) is 21.0 Å². The molecule has 0 atom stereocenters. The first-order valence-corrected chi connectivity index (χ1v) is 4.99. The number of carbonyl (C=O) groups excluding carboxylic acids is 2. The minimum atomic E-state index is -6.08. The molecule has 0 rings (SSSR count). The molecule has 4 nitrogen and oxygen atoms in total. The molecule has 0 aromatic rings. The normalized spacial score (nSPS) is 13.2. The van der Waals surface area contributed by atoms with Crippen LogP contribution in [0, 0.1) is 0 Å². The predicted octanol–water partition coefficient (Wildman–Crippen LogP) is 1.76. The molecule has 0 heterocycles. The van der Waals surface area contributed by atoms with E-state index in [1.54, 1.807) is 0 Å². The molecule has 0 saturated carbocycles. The number of alkyl halides is 5. The first-order valence-electron chi connectivity index (χ1n) is 4.99. The fourth-order valence-electron chi connectivity index (χ4n) is 0.969. The molecule has 0 spiro atoms. The summed E-state index contributed by atoms with van der Waals surface area (Å²) >= 11 is 0. The van der Waals surface area contributed by atoms with Crippen LogP contribution in [0.3, 0.4) is 0 Å². The van der Waals surface area contributed by atoms with Gasteiger partial charge in [-0.2, -0.15) is 22.0 Å². The molecule has 0 aliphatic heterocycles. The van der Waals surface area contributed by atoms with E-state index in [2.05, 4.69) is 4.74 Å². The number of hydrogen-bond acceptors (Lipinski definition) is 4. The van der Waals surface area contributed by atoms with E-state index in [-0.39, 0.29) is 6.61 Å². The van der Waals surface area contributed by atoms with Crippen molar-refractivity contribution in [1.29, 1.82) is 0 Å². The highest BCUT2D eigenvalue weighted by Gasteiger charge is 2.64. The van der Waals surface area contributed by atoms with Crippen LogP contribution >= 0.6 is 0 Å². The smallest absolute Gasteiger partial charge is 0.461 e. The summed E-state index contributed by atoms with van der Waals surface area (Å²) in [5, 5.41) is 0. The van der Waals surface area contributed by atoms with Crippen molar-refractivity contribution in [2.24, 2.45) is 0 Å². The molecule has 0 aliphatic rings. The van der Waals surface area contributed by atoms with E-state index in [1.807, 2.05) is 0 Å². The zero-order valence-corrected chi connectivity index (χ0v) is 10.3. The molecule has 0 aromatic heterocycles. The summed E-state index contributed by atoms with van der Waals surface area (Å²) in [6, 6.07) is 0. The summed E-state index contributed by atoms with van der Waals surface area (Å²) in [6.07, 6.45) is -5.53. The number of esters is 1. The number of hydrogen-bond donors (Lipinski definition) is 0. The van der Waals surface area contributed by atoms with Crippen LogP contribution in [-0.2, 0) is 14.3 Å². The largest absolute Gasteiger partial charge is 0.462 e. The lowest BCUT2D eigenvalue weighted by molar-refractivity contribution is -0.266.